The average molecular weight is 159 g/mol. The van der Waals surface area contributed by atoms with E-state index in [9.17, 15) is 4.39 Å². The van der Waals surface area contributed by atoms with Gasteiger partial charge < -0.3 is 5.73 Å². The highest BCUT2D eigenvalue weighted by Gasteiger charge is 2.17. The Kier molecular flexibility index (Phi) is 3.84. The minimum Gasteiger partial charge on any atom is -0.328 e. The minimum atomic E-state index is -0.752. The molecule has 1 rings (SSSR count). The molecule has 0 saturated heterocycles. The monoisotopic (exact) mass is 159 g/mol. The molecule has 1 nitrogen and oxygen atoms in total. The van der Waals surface area contributed by atoms with Crippen LogP contribution >= 0.6 is 0 Å². The molecule has 0 heterocycles. The van der Waals surface area contributed by atoms with Gasteiger partial charge in [0.2, 0.25) is 0 Å². The Morgan fingerprint density at radius 2 is 1.91 bits per heavy atom. The summed E-state index contributed by atoms with van der Waals surface area (Å²) in [7, 11) is 0. The topological polar surface area (TPSA) is 26.0 Å². The number of hydrogen-bond acceptors (Lipinski definition) is 1. The van der Waals surface area contributed by atoms with Crippen LogP contribution < -0.4 is 5.73 Å². The molecular weight excluding hydrogens is 141 g/mol. The minimum absolute atomic E-state index is 0.205. The fourth-order valence-electron chi connectivity index (χ4n) is 1.88. The molecule has 0 aromatic rings. The first-order valence-electron chi connectivity index (χ1n) is 4.67. The standard InChI is InChI=1S/C9H18FN/c10-9(7-11)6-8-4-2-1-3-5-8/h8-9H,1-7,11H2. The number of nitrogens with two attached hydrogens (primary N) is 1. The third-order valence-electron chi connectivity index (χ3n) is 2.57. The van der Waals surface area contributed by atoms with E-state index in [0.29, 0.717) is 12.3 Å². The van der Waals surface area contributed by atoms with Gasteiger partial charge in [0.25, 0.3) is 0 Å². The summed E-state index contributed by atoms with van der Waals surface area (Å²) in [5.74, 6) is 0.627. The SMILES string of the molecule is NCC(F)CC1CCCCC1. The van der Waals surface area contributed by atoms with Crippen LogP contribution in [0.2, 0.25) is 0 Å². The van der Waals surface area contributed by atoms with Crippen LogP contribution in [0.1, 0.15) is 38.5 Å². The Morgan fingerprint density at radius 3 is 2.45 bits per heavy atom. The normalized spacial score (nSPS) is 23.5. The lowest BCUT2D eigenvalue weighted by Crippen LogP contribution is -2.20. The Hall–Kier alpha value is -0.110. The summed E-state index contributed by atoms with van der Waals surface area (Å²) in [5, 5.41) is 0. The summed E-state index contributed by atoms with van der Waals surface area (Å²) in [6.45, 7) is 0.205. The first kappa shape index (κ1) is 8.98. The van der Waals surface area contributed by atoms with E-state index >= 15 is 0 Å². The highest BCUT2D eigenvalue weighted by atomic mass is 19.1. The number of alkyl halides is 1. The van der Waals surface area contributed by atoms with E-state index in [-0.39, 0.29) is 6.54 Å². The average Bonchev–Trinajstić information content (AvgIpc) is 2.06. The summed E-state index contributed by atoms with van der Waals surface area (Å²) in [5.41, 5.74) is 5.21. The van der Waals surface area contributed by atoms with Gasteiger partial charge in [-0.05, 0) is 12.3 Å². The van der Waals surface area contributed by atoms with Crippen molar-refractivity contribution in [3.05, 3.63) is 0 Å². The maximum Gasteiger partial charge on any atom is 0.113 e. The maximum atomic E-state index is 12.8. The summed E-state index contributed by atoms with van der Waals surface area (Å²) in [6.07, 6.45) is 6.33. The largest absolute Gasteiger partial charge is 0.328 e. The molecule has 0 spiro atoms. The Bertz CT molecular complexity index is 99.7. The third kappa shape index (κ3) is 3.19. The van der Waals surface area contributed by atoms with Gasteiger partial charge in [0.05, 0.1) is 0 Å². The molecule has 2 N–H and O–H groups in total. The van der Waals surface area contributed by atoms with Gasteiger partial charge in [-0.2, -0.15) is 0 Å². The summed E-state index contributed by atoms with van der Waals surface area (Å²) < 4.78 is 12.8. The van der Waals surface area contributed by atoms with E-state index in [1.165, 1.54) is 32.1 Å². The van der Waals surface area contributed by atoms with Gasteiger partial charge in [-0.25, -0.2) is 4.39 Å². The molecule has 1 atom stereocenters. The van der Waals surface area contributed by atoms with Crippen LogP contribution in [0, 0.1) is 5.92 Å². The summed E-state index contributed by atoms with van der Waals surface area (Å²) >= 11 is 0. The van der Waals surface area contributed by atoms with Crippen LogP contribution in [-0.2, 0) is 0 Å². The van der Waals surface area contributed by atoms with Crippen molar-refractivity contribution in [2.24, 2.45) is 11.7 Å². The second-order valence-electron chi connectivity index (χ2n) is 3.57. The van der Waals surface area contributed by atoms with E-state index in [1.54, 1.807) is 0 Å². The van der Waals surface area contributed by atoms with Crippen LogP contribution in [-0.4, -0.2) is 12.7 Å². The third-order valence-corrected chi connectivity index (χ3v) is 2.57. The first-order chi connectivity index (χ1) is 5.33. The van der Waals surface area contributed by atoms with Gasteiger partial charge in [0.1, 0.15) is 6.17 Å². The molecule has 1 aliphatic rings. The second-order valence-corrected chi connectivity index (χ2v) is 3.57. The van der Waals surface area contributed by atoms with Crippen molar-refractivity contribution in [1.82, 2.24) is 0 Å². The Morgan fingerprint density at radius 1 is 1.27 bits per heavy atom. The van der Waals surface area contributed by atoms with Crippen molar-refractivity contribution in [3.8, 4) is 0 Å². The number of hydrogen-bond donors (Lipinski definition) is 1. The zero-order valence-corrected chi connectivity index (χ0v) is 7.06. The summed E-state index contributed by atoms with van der Waals surface area (Å²) in [6, 6.07) is 0. The lowest BCUT2D eigenvalue weighted by molar-refractivity contribution is 0.236. The van der Waals surface area contributed by atoms with Crippen molar-refractivity contribution in [3.63, 3.8) is 0 Å². The van der Waals surface area contributed by atoms with Gasteiger partial charge in [-0.1, -0.05) is 32.1 Å². The molecule has 11 heavy (non-hydrogen) atoms. The van der Waals surface area contributed by atoms with Crippen molar-refractivity contribution in [2.75, 3.05) is 6.54 Å². The number of halogens is 1. The molecule has 66 valence electrons. The lowest BCUT2D eigenvalue weighted by atomic mass is 9.86. The fourth-order valence-corrected chi connectivity index (χ4v) is 1.88. The molecule has 1 unspecified atom stereocenters. The zero-order chi connectivity index (χ0) is 8.10. The van der Waals surface area contributed by atoms with Crippen LogP contribution in [0.5, 0.6) is 0 Å². The van der Waals surface area contributed by atoms with Crippen LogP contribution in [0.4, 0.5) is 4.39 Å². The van der Waals surface area contributed by atoms with Crippen LogP contribution in [0.25, 0.3) is 0 Å². The molecule has 1 aliphatic carbocycles. The predicted molar refractivity (Wildman–Crippen MR) is 45.1 cm³/mol. The Labute approximate surface area is 68.2 Å². The van der Waals surface area contributed by atoms with Crippen LogP contribution in [0.3, 0.4) is 0 Å². The van der Waals surface area contributed by atoms with Gasteiger partial charge in [-0.3, -0.25) is 0 Å². The van der Waals surface area contributed by atoms with Gasteiger partial charge >= 0.3 is 0 Å². The molecule has 0 bridgehead atoms. The lowest BCUT2D eigenvalue weighted by Gasteiger charge is -2.22. The highest BCUT2D eigenvalue weighted by molar-refractivity contribution is 4.70. The van der Waals surface area contributed by atoms with Crippen molar-refractivity contribution in [2.45, 2.75) is 44.7 Å². The molecule has 0 radical (unpaired) electrons. The van der Waals surface area contributed by atoms with E-state index in [1.807, 2.05) is 0 Å². The Balaban J connectivity index is 2.13. The van der Waals surface area contributed by atoms with Gasteiger partial charge in [0, 0.05) is 6.54 Å². The fraction of sp³-hybridized carbons (Fsp3) is 1.00. The summed E-state index contributed by atoms with van der Waals surface area (Å²) in [4.78, 5) is 0. The van der Waals surface area contributed by atoms with E-state index < -0.39 is 6.17 Å². The van der Waals surface area contributed by atoms with Crippen molar-refractivity contribution >= 4 is 0 Å². The van der Waals surface area contributed by atoms with E-state index in [2.05, 4.69) is 0 Å². The predicted octanol–water partition coefficient (Wildman–Crippen LogP) is 2.25. The molecule has 2 heteroatoms. The first-order valence-corrected chi connectivity index (χ1v) is 4.67. The van der Waals surface area contributed by atoms with Gasteiger partial charge in [0.15, 0.2) is 0 Å². The van der Waals surface area contributed by atoms with E-state index in [4.69, 9.17) is 5.73 Å². The molecule has 0 aromatic carbocycles. The van der Waals surface area contributed by atoms with Gasteiger partial charge in [-0.15, -0.1) is 0 Å². The molecule has 1 fully saturated rings. The van der Waals surface area contributed by atoms with Crippen LogP contribution in [0.15, 0.2) is 0 Å². The highest BCUT2D eigenvalue weighted by Crippen LogP contribution is 2.27. The van der Waals surface area contributed by atoms with Crippen molar-refractivity contribution in [1.29, 1.82) is 0 Å². The number of rotatable bonds is 3. The maximum absolute atomic E-state index is 12.8. The smallest absolute Gasteiger partial charge is 0.113 e. The molecule has 0 aromatic heterocycles. The van der Waals surface area contributed by atoms with Crippen molar-refractivity contribution < 1.29 is 4.39 Å². The second kappa shape index (κ2) is 4.70. The quantitative estimate of drug-likeness (QED) is 0.671. The zero-order valence-electron chi connectivity index (χ0n) is 7.06. The molecule has 1 saturated carbocycles. The molecule has 0 amide bonds. The molecular formula is C9H18FN. The molecule has 0 aliphatic heterocycles. The van der Waals surface area contributed by atoms with E-state index in [0.717, 1.165) is 0 Å².